The maximum Gasteiger partial charge on any atom is 0.132 e. The third kappa shape index (κ3) is 2.36. The molecule has 1 N–H and O–H groups in total. The normalized spacial score (nSPS) is 17.5. The first-order valence-corrected chi connectivity index (χ1v) is 6.68. The number of hydrogen-bond donors (Lipinski definition) is 1. The van der Waals surface area contributed by atoms with Gasteiger partial charge in [-0.15, -0.1) is 0 Å². The zero-order valence-electron chi connectivity index (χ0n) is 11.4. The summed E-state index contributed by atoms with van der Waals surface area (Å²) in [5, 5.41) is 7.68. The lowest BCUT2D eigenvalue weighted by Crippen LogP contribution is -2.12. The van der Waals surface area contributed by atoms with Gasteiger partial charge in [-0.2, -0.15) is 5.10 Å². The first-order valence-electron chi connectivity index (χ1n) is 6.68. The third-order valence-electron chi connectivity index (χ3n) is 3.72. The Balaban J connectivity index is 1.77. The molecule has 1 unspecified atom stereocenters. The molecule has 100 valence electrons. The molecule has 1 atom stereocenters. The quantitative estimate of drug-likeness (QED) is 0.912. The molecular weight excluding hydrogens is 238 g/mol. The molecule has 1 aromatic carbocycles. The molecule has 1 heterocycles. The van der Waals surface area contributed by atoms with Crippen molar-refractivity contribution in [1.82, 2.24) is 15.1 Å². The van der Waals surface area contributed by atoms with Gasteiger partial charge in [0, 0.05) is 19.3 Å². The van der Waals surface area contributed by atoms with Gasteiger partial charge in [0.15, 0.2) is 0 Å². The minimum atomic E-state index is 0.466. The highest BCUT2D eigenvalue weighted by molar-refractivity contribution is 5.45. The number of rotatable bonds is 4. The van der Waals surface area contributed by atoms with Crippen LogP contribution in [0.4, 0.5) is 0 Å². The molecule has 0 bridgehead atoms. The number of ether oxygens (including phenoxy) is 1. The predicted octanol–water partition coefficient (Wildman–Crippen LogP) is 2.21. The molecule has 0 saturated carbocycles. The largest absolute Gasteiger partial charge is 0.487 e. The minimum Gasteiger partial charge on any atom is -0.487 e. The van der Waals surface area contributed by atoms with Crippen LogP contribution in [0.15, 0.2) is 30.5 Å². The van der Waals surface area contributed by atoms with Gasteiger partial charge in [0.05, 0.1) is 5.69 Å². The number of nitrogens with zero attached hydrogens (tertiary/aromatic N) is 2. The van der Waals surface area contributed by atoms with E-state index in [2.05, 4.69) is 28.6 Å². The van der Waals surface area contributed by atoms with E-state index in [1.54, 1.807) is 4.68 Å². The van der Waals surface area contributed by atoms with Gasteiger partial charge >= 0.3 is 0 Å². The van der Waals surface area contributed by atoms with E-state index in [4.69, 9.17) is 4.74 Å². The highest BCUT2D eigenvalue weighted by Gasteiger charge is 2.23. The number of aryl methyl sites for hydroxylation is 1. The molecule has 4 nitrogen and oxygen atoms in total. The fourth-order valence-electron chi connectivity index (χ4n) is 2.75. The summed E-state index contributed by atoms with van der Waals surface area (Å²) in [5.74, 6) is 1.00. The van der Waals surface area contributed by atoms with Gasteiger partial charge in [0.2, 0.25) is 0 Å². The lowest BCUT2D eigenvalue weighted by Gasteiger charge is -2.12. The van der Waals surface area contributed by atoms with Crippen molar-refractivity contribution in [3.8, 4) is 5.75 Å². The van der Waals surface area contributed by atoms with Crippen LogP contribution in [0.25, 0.3) is 0 Å². The van der Waals surface area contributed by atoms with Gasteiger partial charge in [-0.25, -0.2) is 0 Å². The second kappa shape index (κ2) is 5.05. The number of nitrogens with one attached hydrogen (secondary N) is 1. The van der Waals surface area contributed by atoms with E-state index in [1.165, 1.54) is 11.1 Å². The first kappa shape index (κ1) is 12.2. The Morgan fingerprint density at radius 1 is 1.42 bits per heavy atom. The average molecular weight is 257 g/mol. The van der Waals surface area contributed by atoms with E-state index in [9.17, 15) is 0 Å². The monoisotopic (exact) mass is 257 g/mol. The molecule has 19 heavy (non-hydrogen) atoms. The van der Waals surface area contributed by atoms with Crippen molar-refractivity contribution in [2.45, 2.75) is 25.5 Å². The van der Waals surface area contributed by atoms with Crippen LogP contribution in [0, 0.1) is 0 Å². The van der Waals surface area contributed by atoms with Gasteiger partial charge in [-0.3, -0.25) is 4.68 Å². The SMILES string of the molecule is CNC1CCc2c(OCc3ccn(C)n3)cccc21. The second-order valence-corrected chi connectivity index (χ2v) is 4.97. The Morgan fingerprint density at radius 3 is 3.05 bits per heavy atom. The Kier molecular flexibility index (Phi) is 3.25. The van der Waals surface area contributed by atoms with Crippen molar-refractivity contribution in [3.63, 3.8) is 0 Å². The van der Waals surface area contributed by atoms with E-state index in [0.717, 1.165) is 24.3 Å². The topological polar surface area (TPSA) is 39.1 Å². The van der Waals surface area contributed by atoms with E-state index in [1.807, 2.05) is 26.4 Å². The van der Waals surface area contributed by atoms with E-state index in [-0.39, 0.29) is 0 Å². The second-order valence-electron chi connectivity index (χ2n) is 4.97. The van der Waals surface area contributed by atoms with Crippen LogP contribution in [0.1, 0.15) is 29.3 Å². The van der Waals surface area contributed by atoms with Gasteiger partial charge in [-0.1, -0.05) is 12.1 Å². The maximum atomic E-state index is 5.94. The van der Waals surface area contributed by atoms with Crippen LogP contribution in [0.3, 0.4) is 0 Å². The van der Waals surface area contributed by atoms with Crippen LogP contribution >= 0.6 is 0 Å². The fraction of sp³-hybridized carbons (Fsp3) is 0.400. The van der Waals surface area contributed by atoms with E-state index >= 15 is 0 Å². The zero-order valence-corrected chi connectivity index (χ0v) is 11.4. The highest BCUT2D eigenvalue weighted by atomic mass is 16.5. The number of fused-ring (bicyclic) bond motifs is 1. The van der Waals surface area contributed by atoms with Crippen LogP contribution in [-0.2, 0) is 20.1 Å². The van der Waals surface area contributed by atoms with Gasteiger partial charge in [0.1, 0.15) is 12.4 Å². The lowest BCUT2D eigenvalue weighted by atomic mass is 10.1. The standard InChI is InChI=1S/C15H19N3O/c1-16-14-7-6-13-12(14)4-3-5-15(13)19-10-11-8-9-18(2)17-11/h3-5,8-9,14,16H,6-7,10H2,1-2H3. The van der Waals surface area contributed by atoms with Crippen molar-refractivity contribution >= 4 is 0 Å². The van der Waals surface area contributed by atoms with Gasteiger partial charge in [-0.05, 0) is 43.1 Å². The molecule has 0 spiro atoms. The summed E-state index contributed by atoms with van der Waals surface area (Å²) in [6, 6.07) is 8.77. The highest BCUT2D eigenvalue weighted by Crippen LogP contribution is 2.36. The molecule has 2 aromatic rings. The lowest BCUT2D eigenvalue weighted by molar-refractivity contribution is 0.297. The van der Waals surface area contributed by atoms with Crippen molar-refractivity contribution in [2.24, 2.45) is 7.05 Å². The van der Waals surface area contributed by atoms with Gasteiger partial charge < -0.3 is 10.1 Å². The molecule has 4 heteroatoms. The minimum absolute atomic E-state index is 0.466. The van der Waals surface area contributed by atoms with E-state index in [0.29, 0.717) is 12.6 Å². The van der Waals surface area contributed by atoms with E-state index < -0.39 is 0 Å². The first-order chi connectivity index (χ1) is 9.28. The van der Waals surface area contributed by atoms with Crippen molar-refractivity contribution in [2.75, 3.05) is 7.05 Å². The van der Waals surface area contributed by atoms with Gasteiger partial charge in [0.25, 0.3) is 0 Å². The zero-order chi connectivity index (χ0) is 13.2. The van der Waals surface area contributed by atoms with Crippen molar-refractivity contribution in [3.05, 3.63) is 47.3 Å². The molecular formula is C15H19N3O. The Labute approximate surface area is 113 Å². The predicted molar refractivity (Wildman–Crippen MR) is 74.1 cm³/mol. The van der Waals surface area contributed by atoms with Crippen LogP contribution in [-0.4, -0.2) is 16.8 Å². The molecule has 1 aliphatic rings. The number of aromatic nitrogens is 2. The molecule has 0 saturated heterocycles. The summed E-state index contributed by atoms with van der Waals surface area (Å²) in [4.78, 5) is 0. The molecule has 3 rings (SSSR count). The molecule has 1 aromatic heterocycles. The summed E-state index contributed by atoms with van der Waals surface area (Å²) in [7, 11) is 3.93. The van der Waals surface area contributed by atoms with Crippen LogP contribution < -0.4 is 10.1 Å². The smallest absolute Gasteiger partial charge is 0.132 e. The third-order valence-corrected chi connectivity index (χ3v) is 3.72. The summed E-state index contributed by atoms with van der Waals surface area (Å²) < 4.78 is 7.73. The van der Waals surface area contributed by atoms with Crippen LogP contribution in [0.2, 0.25) is 0 Å². The van der Waals surface area contributed by atoms with Crippen molar-refractivity contribution < 1.29 is 4.74 Å². The summed E-state index contributed by atoms with van der Waals surface area (Å²) >= 11 is 0. The summed E-state index contributed by atoms with van der Waals surface area (Å²) in [6.45, 7) is 0.529. The van der Waals surface area contributed by atoms with Crippen molar-refractivity contribution in [1.29, 1.82) is 0 Å². The Bertz CT molecular complexity index is 577. The fourth-order valence-corrected chi connectivity index (χ4v) is 2.75. The maximum absolute atomic E-state index is 5.94. The summed E-state index contributed by atoms with van der Waals surface area (Å²) in [6.07, 6.45) is 4.17. The number of hydrogen-bond acceptors (Lipinski definition) is 3. The Morgan fingerprint density at radius 2 is 2.32 bits per heavy atom. The number of benzene rings is 1. The molecule has 1 aliphatic carbocycles. The summed E-state index contributed by atoms with van der Waals surface area (Å²) in [5.41, 5.74) is 3.68. The molecule has 0 radical (unpaired) electrons. The average Bonchev–Trinajstić information content (AvgIpc) is 3.02. The molecule has 0 fully saturated rings. The molecule has 0 amide bonds. The Hall–Kier alpha value is -1.81. The van der Waals surface area contributed by atoms with Crippen LogP contribution in [0.5, 0.6) is 5.75 Å². The molecule has 0 aliphatic heterocycles.